The summed E-state index contributed by atoms with van der Waals surface area (Å²) < 4.78 is 0.921. The molecule has 3 aromatic rings. The number of anilines is 1. The molecule has 0 unspecified atom stereocenters. The highest BCUT2D eigenvalue weighted by Crippen LogP contribution is 2.27. The Hall–Kier alpha value is -1.57. The molecule has 1 N–H and O–H groups in total. The number of hydrogen-bond donors (Lipinski definition) is 1. The molecule has 2 aromatic heterocycles. The van der Waals surface area contributed by atoms with Crippen LogP contribution in [0.4, 0.5) is 5.13 Å². The molecule has 100 valence electrons. The largest absolute Gasteiger partial charge is 0.296 e. The molecule has 1 aromatic carbocycles. The molecule has 1 amide bonds. The van der Waals surface area contributed by atoms with E-state index in [9.17, 15) is 4.79 Å². The number of benzene rings is 1. The summed E-state index contributed by atoms with van der Waals surface area (Å²) in [4.78, 5) is 12.0. The number of hydrogen-bond acceptors (Lipinski definition) is 5. The molecule has 0 bridgehead atoms. The molecule has 0 saturated carbocycles. The van der Waals surface area contributed by atoms with Crippen LogP contribution >= 0.6 is 38.6 Å². The fraction of sp³-hybridized carbons (Fsp3) is 0. The van der Waals surface area contributed by atoms with Crippen LogP contribution < -0.4 is 5.32 Å². The zero-order valence-electron chi connectivity index (χ0n) is 10.0. The Labute approximate surface area is 131 Å². The van der Waals surface area contributed by atoms with E-state index in [0.29, 0.717) is 10.7 Å². The Morgan fingerprint density at radius 2 is 2.00 bits per heavy atom. The van der Waals surface area contributed by atoms with Gasteiger partial charge in [-0.25, -0.2) is 0 Å². The van der Waals surface area contributed by atoms with Gasteiger partial charge in [0.05, 0.1) is 9.35 Å². The Bertz CT molecular complexity index is 739. The van der Waals surface area contributed by atoms with Gasteiger partial charge in [0.2, 0.25) is 5.13 Å². The summed E-state index contributed by atoms with van der Waals surface area (Å²) in [6.07, 6.45) is 0. The molecule has 0 fully saturated rings. The lowest BCUT2D eigenvalue weighted by atomic mass is 10.2. The van der Waals surface area contributed by atoms with Crippen LogP contribution in [0.3, 0.4) is 0 Å². The van der Waals surface area contributed by atoms with E-state index in [-0.39, 0.29) is 5.91 Å². The topological polar surface area (TPSA) is 54.9 Å². The second kappa shape index (κ2) is 5.82. The monoisotopic (exact) mass is 365 g/mol. The summed E-state index contributed by atoms with van der Waals surface area (Å²) in [6, 6.07) is 11.5. The SMILES string of the molecule is O=C(Nc1nnc(-c2ccccc2)s1)c1csc(Br)c1. The van der Waals surface area contributed by atoms with Crippen molar-refractivity contribution in [3.05, 3.63) is 51.1 Å². The Kier molecular flexibility index (Phi) is 3.90. The van der Waals surface area contributed by atoms with Crippen molar-refractivity contribution >= 4 is 49.6 Å². The van der Waals surface area contributed by atoms with Crippen LogP contribution in [0.15, 0.2) is 45.6 Å². The van der Waals surface area contributed by atoms with Gasteiger partial charge in [-0.15, -0.1) is 21.5 Å². The maximum Gasteiger partial charge on any atom is 0.258 e. The average Bonchev–Trinajstić information content (AvgIpc) is 3.09. The van der Waals surface area contributed by atoms with E-state index in [2.05, 4.69) is 31.4 Å². The van der Waals surface area contributed by atoms with E-state index >= 15 is 0 Å². The van der Waals surface area contributed by atoms with Crippen LogP contribution in [-0.4, -0.2) is 16.1 Å². The minimum atomic E-state index is -0.178. The molecule has 0 radical (unpaired) electrons. The molecule has 4 nitrogen and oxygen atoms in total. The summed E-state index contributed by atoms with van der Waals surface area (Å²) in [7, 11) is 0. The number of nitrogens with one attached hydrogen (secondary N) is 1. The van der Waals surface area contributed by atoms with Gasteiger partial charge in [-0.05, 0) is 22.0 Å². The third-order valence-corrected chi connectivity index (χ3v) is 4.89. The molecule has 7 heteroatoms. The maximum atomic E-state index is 12.0. The molecule has 0 aliphatic heterocycles. The lowest BCUT2D eigenvalue weighted by molar-refractivity contribution is 0.102. The van der Waals surface area contributed by atoms with Crippen molar-refractivity contribution in [1.29, 1.82) is 0 Å². The Balaban J connectivity index is 1.76. The molecular weight excluding hydrogens is 358 g/mol. The first-order valence-electron chi connectivity index (χ1n) is 5.67. The van der Waals surface area contributed by atoms with Gasteiger partial charge in [0.15, 0.2) is 0 Å². The summed E-state index contributed by atoms with van der Waals surface area (Å²) in [6.45, 7) is 0. The summed E-state index contributed by atoms with van der Waals surface area (Å²) in [5.74, 6) is -0.178. The molecule has 20 heavy (non-hydrogen) atoms. The lowest BCUT2D eigenvalue weighted by Crippen LogP contribution is -2.10. The Morgan fingerprint density at radius 1 is 1.20 bits per heavy atom. The maximum absolute atomic E-state index is 12.0. The Morgan fingerprint density at radius 3 is 2.70 bits per heavy atom. The van der Waals surface area contributed by atoms with Crippen molar-refractivity contribution in [2.75, 3.05) is 5.32 Å². The molecular formula is C13H8BrN3OS2. The number of thiophene rings is 1. The van der Waals surface area contributed by atoms with Gasteiger partial charge < -0.3 is 0 Å². The summed E-state index contributed by atoms with van der Waals surface area (Å²) in [5.41, 5.74) is 1.60. The van der Waals surface area contributed by atoms with Crippen LogP contribution in [0.25, 0.3) is 10.6 Å². The van der Waals surface area contributed by atoms with Gasteiger partial charge in [-0.1, -0.05) is 41.7 Å². The van der Waals surface area contributed by atoms with E-state index in [1.54, 1.807) is 11.4 Å². The number of halogens is 1. The third-order valence-electron chi connectivity index (χ3n) is 2.50. The van der Waals surface area contributed by atoms with Gasteiger partial charge in [-0.3, -0.25) is 10.1 Å². The molecule has 0 saturated heterocycles. The highest BCUT2D eigenvalue weighted by molar-refractivity contribution is 9.11. The highest BCUT2D eigenvalue weighted by Gasteiger charge is 2.12. The van der Waals surface area contributed by atoms with E-state index in [1.165, 1.54) is 22.7 Å². The van der Waals surface area contributed by atoms with Crippen molar-refractivity contribution in [3.8, 4) is 10.6 Å². The smallest absolute Gasteiger partial charge is 0.258 e. The predicted octanol–water partition coefficient (Wildman–Crippen LogP) is 4.28. The molecule has 2 heterocycles. The first-order valence-corrected chi connectivity index (χ1v) is 8.15. The molecule has 3 rings (SSSR count). The predicted molar refractivity (Wildman–Crippen MR) is 85.3 cm³/mol. The van der Waals surface area contributed by atoms with Crippen LogP contribution in [-0.2, 0) is 0 Å². The van der Waals surface area contributed by atoms with Gasteiger partial charge in [0, 0.05) is 10.9 Å². The van der Waals surface area contributed by atoms with Crippen LogP contribution in [0.2, 0.25) is 0 Å². The minimum absolute atomic E-state index is 0.178. The number of amides is 1. The molecule has 0 atom stereocenters. The number of carbonyl (C=O) groups is 1. The first-order chi connectivity index (χ1) is 9.72. The average molecular weight is 366 g/mol. The van der Waals surface area contributed by atoms with E-state index < -0.39 is 0 Å². The molecule has 0 aliphatic carbocycles. The number of aromatic nitrogens is 2. The van der Waals surface area contributed by atoms with E-state index in [1.807, 2.05) is 30.3 Å². The van der Waals surface area contributed by atoms with Crippen molar-refractivity contribution in [1.82, 2.24) is 10.2 Å². The summed E-state index contributed by atoms with van der Waals surface area (Å²) >= 11 is 6.16. The van der Waals surface area contributed by atoms with Crippen molar-refractivity contribution in [2.45, 2.75) is 0 Å². The van der Waals surface area contributed by atoms with E-state index in [4.69, 9.17) is 0 Å². The first kappa shape index (κ1) is 13.4. The highest BCUT2D eigenvalue weighted by atomic mass is 79.9. The standard InChI is InChI=1S/C13H8BrN3OS2/c14-10-6-9(7-19-10)11(18)15-13-17-16-12(20-13)8-4-2-1-3-5-8/h1-7H,(H,15,17,18). The van der Waals surface area contributed by atoms with Gasteiger partial charge in [-0.2, -0.15) is 0 Å². The minimum Gasteiger partial charge on any atom is -0.296 e. The zero-order valence-corrected chi connectivity index (χ0v) is 13.3. The summed E-state index contributed by atoms with van der Waals surface area (Å²) in [5, 5.41) is 13.9. The van der Waals surface area contributed by atoms with Gasteiger partial charge in [0.1, 0.15) is 5.01 Å². The number of carbonyl (C=O) groups excluding carboxylic acids is 1. The fourth-order valence-electron chi connectivity index (χ4n) is 1.57. The van der Waals surface area contributed by atoms with Crippen molar-refractivity contribution in [2.24, 2.45) is 0 Å². The van der Waals surface area contributed by atoms with Crippen molar-refractivity contribution < 1.29 is 4.79 Å². The van der Waals surface area contributed by atoms with Crippen LogP contribution in [0.1, 0.15) is 10.4 Å². The third kappa shape index (κ3) is 2.95. The lowest BCUT2D eigenvalue weighted by Gasteiger charge is -1.96. The quantitative estimate of drug-likeness (QED) is 0.753. The van der Waals surface area contributed by atoms with Gasteiger partial charge in [0.25, 0.3) is 5.91 Å². The number of rotatable bonds is 3. The van der Waals surface area contributed by atoms with Crippen LogP contribution in [0.5, 0.6) is 0 Å². The normalized spacial score (nSPS) is 10.4. The van der Waals surface area contributed by atoms with E-state index in [0.717, 1.165) is 14.4 Å². The fourth-order valence-corrected chi connectivity index (χ4v) is 3.45. The van der Waals surface area contributed by atoms with Gasteiger partial charge >= 0.3 is 0 Å². The molecule has 0 aliphatic rings. The molecule has 0 spiro atoms. The van der Waals surface area contributed by atoms with Crippen molar-refractivity contribution in [3.63, 3.8) is 0 Å². The number of nitrogens with zero attached hydrogens (tertiary/aromatic N) is 2. The van der Waals surface area contributed by atoms with Crippen LogP contribution in [0, 0.1) is 0 Å². The zero-order chi connectivity index (χ0) is 13.9. The second-order valence-corrected chi connectivity index (χ2v) is 7.14. The second-order valence-electron chi connectivity index (χ2n) is 3.87.